The fourth-order valence-corrected chi connectivity index (χ4v) is 2.16. The molecule has 2 aromatic rings. The Labute approximate surface area is 134 Å². The Hall–Kier alpha value is -1.12. The summed E-state index contributed by atoms with van der Waals surface area (Å²) in [5.41, 5.74) is 0. The number of hydrogen-bond acceptors (Lipinski definition) is 3. The van der Waals surface area contributed by atoms with Crippen molar-refractivity contribution < 1.29 is 22.3 Å². The van der Waals surface area contributed by atoms with Gasteiger partial charge in [-0.05, 0) is 22.0 Å². The first-order valence-electron chi connectivity index (χ1n) is 5.11. The van der Waals surface area contributed by atoms with Crippen molar-refractivity contribution in [3.63, 3.8) is 0 Å². The Morgan fingerprint density at radius 3 is 2.38 bits per heavy atom. The van der Waals surface area contributed by atoms with Gasteiger partial charge in [0.25, 0.3) is 0 Å². The van der Waals surface area contributed by atoms with E-state index in [1.165, 1.54) is 6.07 Å². The molecule has 10 heteroatoms. The second kappa shape index (κ2) is 5.94. The second-order valence-corrected chi connectivity index (χ2v) is 5.30. The Morgan fingerprint density at radius 1 is 1.10 bits per heavy atom. The maximum atomic E-state index is 13.3. The first-order valence-corrected chi connectivity index (χ1v) is 6.66. The van der Waals surface area contributed by atoms with Crippen LogP contribution in [-0.2, 0) is 6.18 Å². The van der Waals surface area contributed by atoms with Gasteiger partial charge >= 0.3 is 6.18 Å². The zero-order chi connectivity index (χ0) is 15.8. The highest BCUT2D eigenvalue weighted by Crippen LogP contribution is 2.35. The van der Waals surface area contributed by atoms with Gasteiger partial charge < -0.3 is 4.74 Å². The molecule has 0 saturated carbocycles. The highest BCUT2D eigenvalue weighted by atomic mass is 79.9. The van der Waals surface area contributed by atoms with E-state index in [1.807, 2.05) is 0 Å². The van der Waals surface area contributed by atoms with Crippen LogP contribution in [0.25, 0.3) is 0 Å². The van der Waals surface area contributed by atoms with E-state index in [-0.39, 0.29) is 15.2 Å². The molecule has 0 spiro atoms. The molecule has 0 fully saturated rings. The molecule has 0 amide bonds. The summed E-state index contributed by atoms with van der Waals surface area (Å²) in [4.78, 5) is 6.22. The Kier molecular flexibility index (Phi) is 4.60. The van der Waals surface area contributed by atoms with Gasteiger partial charge in [-0.25, -0.2) is 9.37 Å². The minimum atomic E-state index is -4.79. The molecule has 112 valence electrons. The lowest BCUT2D eigenvalue weighted by molar-refractivity contribution is -0.145. The van der Waals surface area contributed by atoms with Gasteiger partial charge in [0.05, 0.1) is 9.50 Å². The minimum absolute atomic E-state index is 0.111. The van der Waals surface area contributed by atoms with Crippen molar-refractivity contribution in [2.24, 2.45) is 0 Å². The van der Waals surface area contributed by atoms with Crippen LogP contribution in [0.3, 0.4) is 0 Å². The van der Waals surface area contributed by atoms with E-state index in [4.69, 9.17) is 27.9 Å². The summed E-state index contributed by atoms with van der Waals surface area (Å²) in [6.45, 7) is 0. The van der Waals surface area contributed by atoms with Crippen LogP contribution in [0.4, 0.5) is 17.6 Å². The lowest BCUT2D eigenvalue weighted by Crippen LogP contribution is -2.11. The number of benzene rings is 1. The van der Waals surface area contributed by atoms with Crippen molar-refractivity contribution in [3.05, 3.63) is 44.5 Å². The fourth-order valence-electron chi connectivity index (χ4n) is 1.27. The lowest BCUT2D eigenvalue weighted by atomic mass is 10.3. The summed E-state index contributed by atoms with van der Waals surface area (Å²) in [7, 11) is 0. The number of hydrogen-bond donors (Lipinski definition) is 0. The van der Waals surface area contributed by atoms with Crippen molar-refractivity contribution >= 4 is 39.1 Å². The quantitative estimate of drug-likeness (QED) is 0.376. The highest BCUT2D eigenvalue weighted by Gasteiger charge is 2.35. The maximum Gasteiger partial charge on any atom is 0.451 e. The van der Waals surface area contributed by atoms with Crippen LogP contribution in [-0.4, -0.2) is 9.97 Å². The predicted octanol–water partition coefficient (Wildman–Crippen LogP) is 5.50. The van der Waals surface area contributed by atoms with Gasteiger partial charge in [0.1, 0.15) is 16.7 Å². The van der Waals surface area contributed by atoms with E-state index in [9.17, 15) is 17.6 Å². The van der Waals surface area contributed by atoms with Crippen LogP contribution < -0.4 is 4.74 Å². The van der Waals surface area contributed by atoms with Gasteiger partial charge in [0, 0.05) is 12.1 Å². The molecule has 0 aliphatic rings. The molecule has 0 radical (unpaired) electrons. The zero-order valence-electron chi connectivity index (χ0n) is 9.68. The largest absolute Gasteiger partial charge is 0.451 e. The smallest absolute Gasteiger partial charge is 0.438 e. The van der Waals surface area contributed by atoms with Gasteiger partial charge in [-0.15, -0.1) is 0 Å². The predicted molar refractivity (Wildman–Crippen MR) is 71.2 cm³/mol. The molecular formula is C11H3BrCl2F4N2O. The van der Waals surface area contributed by atoms with Crippen molar-refractivity contribution in [2.75, 3.05) is 0 Å². The van der Waals surface area contributed by atoms with Gasteiger partial charge in [0.15, 0.2) is 0 Å². The molecule has 0 bridgehead atoms. The average molecular weight is 406 g/mol. The van der Waals surface area contributed by atoms with Crippen LogP contribution in [0.5, 0.6) is 11.6 Å². The van der Waals surface area contributed by atoms with Crippen LogP contribution in [0.2, 0.25) is 10.2 Å². The SMILES string of the molecule is Fc1cc(Oc2cc(Cl)nc(C(F)(F)F)n2)c(Br)cc1Cl. The molecule has 0 saturated heterocycles. The molecule has 1 aromatic carbocycles. The van der Waals surface area contributed by atoms with E-state index in [0.29, 0.717) is 0 Å². The average Bonchev–Trinajstić information content (AvgIpc) is 2.34. The van der Waals surface area contributed by atoms with Gasteiger partial charge in [-0.1, -0.05) is 23.2 Å². The highest BCUT2D eigenvalue weighted by molar-refractivity contribution is 9.10. The van der Waals surface area contributed by atoms with Gasteiger partial charge in [-0.2, -0.15) is 18.2 Å². The van der Waals surface area contributed by atoms with Crippen molar-refractivity contribution in [2.45, 2.75) is 6.18 Å². The van der Waals surface area contributed by atoms with Crippen molar-refractivity contribution in [1.29, 1.82) is 0 Å². The Balaban J connectivity index is 2.40. The molecule has 3 nitrogen and oxygen atoms in total. The Bertz CT molecular complexity index is 697. The molecule has 21 heavy (non-hydrogen) atoms. The lowest BCUT2D eigenvalue weighted by Gasteiger charge is -2.10. The third kappa shape index (κ3) is 3.96. The number of alkyl halides is 3. The first-order chi connectivity index (χ1) is 9.66. The van der Waals surface area contributed by atoms with Crippen LogP contribution >= 0.6 is 39.1 Å². The molecule has 1 aromatic heterocycles. The van der Waals surface area contributed by atoms with E-state index in [0.717, 1.165) is 12.1 Å². The molecule has 0 aliphatic heterocycles. The number of ether oxygens (including phenoxy) is 1. The minimum Gasteiger partial charge on any atom is -0.438 e. The van der Waals surface area contributed by atoms with E-state index < -0.39 is 28.9 Å². The molecule has 0 unspecified atom stereocenters. The molecule has 2 rings (SSSR count). The number of nitrogens with zero attached hydrogens (tertiary/aromatic N) is 2. The summed E-state index contributed by atoms with van der Waals surface area (Å²) in [6, 6.07) is 3.06. The third-order valence-corrected chi connectivity index (χ3v) is 3.22. The standard InChI is InChI=1S/C11H3BrCl2F4N2O/c12-4-1-5(13)6(15)2-7(4)21-9-3-8(14)19-10(20-9)11(16,17)18/h1-3H. The zero-order valence-corrected chi connectivity index (χ0v) is 12.8. The summed E-state index contributed by atoms with van der Waals surface area (Å²) in [5.74, 6) is -2.86. The number of rotatable bonds is 2. The first kappa shape index (κ1) is 16.3. The molecule has 0 N–H and O–H groups in total. The second-order valence-electron chi connectivity index (χ2n) is 3.65. The Morgan fingerprint density at radius 2 is 1.76 bits per heavy atom. The van der Waals surface area contributed by atoms with Crippen LogP contribution in [0.1, 0.15) is 5.82 Å². The third-order valence-electron chi connectivity index (χ3n) is 2.11. The maximum absolute atomic E-state index is 13.3. The van der Waals surface area contributed by atoms with Crippen molar-refractivity contribution in [1.82, 2.24) is 9.97 Å². The van der Waals surface area contributed by atoms with Crippen LogP contribution in [0.15, 0.2) is 22.7 Å². The van der Waals surface area contributed by atoms with E-state index in [2.05, 4.69) is 25.9 Å². The summed E-state index contributed by atoms with van der Waals surface area (Å²) in [6.07, 6.45) is -4.79. The summed E-state index contributed by atoms with van der Waals surface area (Å²) < 4.78 is 56.3. The van der Waals surface area contributed by atoms with E-state index in [1.54, 1.807) is 0 Å². The molecule has 0 aliphatic carbocycles. The molecule has 1 heterocycles. The fraction of sp³-hybridized carbons (Fsp3) is 0.0909. The number of aromatic nitrogens is 2. The topological polar surface area (TPSA) is 35.0 Å². The monoisotopic (exact) mass is 404 g/mol. The number of halogens is 7. The summed E-state index contributed by atoms with van der Waals surface area (Å²) in [5, 5.41) is -0.635. The normalized spacial score (nSPS) is 11.6. The summed E-state index contributed by atoms with van der Waals surface area (Å²) >= 11 is 14.1. The molecule has 0 atom stereocenters. The van der Waals surface area contributed by atoms with Crippen LogP contribution in [0, 0.1) is 5.82 Å². The molecular weight excluding hydrogens is 403 g/mol. The van der Waals surface area contributed by atoms with E-state index >= 15 is 0 Å². The van der Waals surface area contributed by atoms with Gasteiger partial charge in [-0.3, -0.25) is 0 Å². The van der Waals surface area contributed by atoms with Gasteiger partial charge in [0.2, 0.25) is 11.7 Å². The van der Waals surface area contributed by atoms with Crippen molar-refractivity contribution in [3.8, 4) is 11.6 Å².